The van der Waals surface area contributed by atoms with E-state index in [-0.39, 0.29) is 6.61 Å². The minimum absolute atomic E-state index is 0.247. The van der Waals surface area contributed by atoms with Crippen LogP contribution in [0.1, 0.15) is 13.8 Å². The van der Waals surface area contributed by atoms with E-state index in [0.29, 0.717) is 11.2 Å². The topological polar surface area (TPSA) is 20.2 Å². The number of rotatable bonds is 4. The van der Waals surface area contributed by atoms with E-state index < -0.39 is 0 Å². The number of hydrogen-bond donors (Lipinski definition) is 1. The molecule has 0 aliphatic carbocycles. The van der Waals surface area contributed by atoms with Crippen LogP contribution in [-0.2, 0) is 0 Å². The van der Waals surface area contributed by atoms with Crippen molar-refractivity contribution in [1.82, 2.24) is 0 Å². The Labute approximate surface area is 84.2 Å². The summed E-state index contributed by atoms with van der Waals surface area (Å²) in [7, 11) is 0. The molecule has 0 aliphatic rings. The van der Waals surface area contributed by atoms with Gasteiger partial charge in [0.25, 0.3) is 0 Å². The number of thioether (sulfide) groups is 1. The summed E-state index contributed by atoms with van der Waals surface area (Å²) in [4.78, 5) is 1.23. The van der Waals surface area contributed by atoms with Crippen LogP contribution in [-0.4, -0.2) is 17.0 Å². The molecule has 0 aromatic heterocycles. The molecular weight excluding hydrogens is 180 g/mol. The van der Waals surface area contributed by atoms with Crippen molar-refractivity contribution in [3.05, 3.63) is 30.3 Å². The van der Waals surface area contributed by atoms with E-state index >= 15 is 0 Å². The van der Waals surface area contributed by atoms with Crippen molar-refractivity contribution < 1.29 is 5.11 Å². The lowest BCUT2D eigenvalue weighted by molar-refractivity contribution is 0.275. The molecule has 1 N–H and O–H groups in total. The van der Waals surface area contributed by atoms with Crippen molar-refractivity contribution in [1.29, 1.82) is 0 Å². The minimum atomic E-state index is 0.247. The first-order valence-electron chi connectivity index (χ1n) is 4.56. The van der Waals surface area contributed by atoms with Crippen molar-refractivity contribution in [3.8, 4) is 0 Å². The van der Waals surface area contributed by atoms with E-state index in [0.717, 1.165) is 0 Å². The predicted molar refractivity (Wildman–Crippen MR) is 58.0 cm³/mol. The Bertz CT molecular complexity index is 233. The highest BCUT2D eigenvalue weighted by Gasteiger charge is 2.12. The Morgan fingerprint density at radius 1 is 1.23 bits per heavy atom. The van der Waals surface area contributed by atoms with Gasteiger partial charge < -0.3 is 5.11 Å². The lowest BCUT2D eigenvalue weighted by Crippen LogP contribution is -2.15. The first-order chi connectivity index (χ1) is 6.24. The number of aliphatic hydroxyl groups is 1. The van der Waals surface area contributed by atoms with E-state index in [1.54, 1.807) is 11.8 Å². The highest BCUT2D eigenvalue weighted by Crippen LogP contribution is 2.27. The van der Waals surface area contributed by atoms with Gasteiger partial charge in [-0.15, -0.1) is 11.8 Å². The summed E-state index contributed by atoms with van der Waals surface area (Å²) in [6.45, 7) is 4.52. The van der Waals surface area contributed by atoms with Gasteiger partial charge in [-0.2, -0.15) is 0 Å². The van der Waals surface area contributed by atoms with Crippen molar-refractivity contribution in [2.45, 2.75) is 24.0 Å². The molecule has 0 spiro atoms. The molecule has 13 heavy (non-hydrogen) atoms. The normalized spacial score (nSPS) is 13.2. The molecule has 1 aromatic carbocycles. The molecule has 0 amide bonds. The van der Waals surface area contributed by atoms with Gasteiger partial charge in [0, 0.05) is 10.1 Å². The molecule has 0 saturated carbocycles. The van der Waals surface area contributed by atoms with Crippen molar-refractivity contribution >= 4 is 11.8 Å². The molecule has 1 unspecified atom stereocenters. The first kappa shape index (κ1) is 10.6. The van der Waals surface area contributed by atoms with Crippen molar-refractivity contribution in [2.75, 3.05) is 6.61 Å². The van der Waals surface area contributed by atoms with Crippen LogP contribution >= 0.6 is 11.8 Å². The molecule has 0 radical (unpaired) electrons. The molecule has 72 valence electrons. The van der Waals surface area contributed by atoms with Crippen LogP contribution < -0.4 is 0 Å². The summed E-state index contributed by atoms with van der Waals surface area (Å²) in [6.07, 6.45) is 0. The zero-order valence-corrected chi connectivity index (χ0v) is 8.92. The van der Waals surface area contributed by atoms with Gasteiger partial charge in [0.15, 0.2) is 0 Å². The average Bonchev–Trinajstić information content (AvgIpc) is 2.15. The summed E-state index contributed by atoms with van der Waals surface area (Å²) in [5.41, 5.74) is 0. The molecule has 1 rings (SSSR count). The van der Waals surface area contributed by atoms with Gasteiger partial charge in [0.2, 0.25) is 0 Å². The minimum Gasteiger partial charge on any atom is -0.395 e. The van der Waals surface area contributed by atoms with Crippen LogP contribution in [0.3, 0.4) is 0 Å². The lowest BCUT2D eigenvalue weighted by atomic mass is 10.1. The summed E-state index contributed by atoms with van der Waals surface area (Å²) in [5, 5.41) is 9.44. The Morgan fingerprint density at radius 3 is 2.31 bits per heavy atom. The van der Waals surface area contributed by atoms with Gasteiger partial charge in [-0.25, -0.2) is 0 Å². The average molecular weight is 196 g/mol. The van der Waals surface area contributed by atoms with Gasteiger partial charge >= 0.3 is 0 Å². The second-order valence-corrected chi connectivity index (χ2v) is 4.71. The van der Waals surface area contributed by atoms with Crippen LogP contribution in [0, 0.1) is 5.92 Å². The standard InChI is InChI=1S/C11H16OS/c1-9(2)11(8-12)13-10-6-4-3-5-7-10/h3-7,9,11-12H,8H2,1-2H3. The van der Waals surface area contributed by atoms with Gasteiger partial charge in [-0.1, -0.05) is 32.0 Å². The second kappa shape index (κ2) is 5.30. The molecule has 1 nitrogen and oxygen atoms in total. The summed E-state index contributed by atoms with van der Waals surface area (Å²) >= 11 is 1.75. The maximum Gasteiger partial charge on any atom is 0.0556 e. The maximum absolute atomic E-state index is 9.14. The number of benzene rings is 1. The van der Waals surface area contributed by atoms with Crippen LogP contribution in [0.4, 0.5) is 0 Å². The molecule has 0 saturated heterocycles. The van der Waals surface area contributed by atoms with E-state index in [1.807, 2.05) is 18.2 Å². The molecule has 1 atom stereocenters. The van der Waals surface area contributed by atoms with Crippen molar-refractivity contribution in [2.24, 2.45) is 5.92 Å². The Morgan fingerprint density at radius 2 is 1.85 bits per heavy atom. The van der Waals surface area contributed by atoms with E-state index in [2.05, 4.69) is 26.0 Å². The third-order valence-corrected chi connectivity index (χ3v) is 3.49. The van der Waals surface area contributed by atoms with Crippen LogP contribution in [0.5, 0.6) is 0 Å². The molecule has 0 heterocycles. The van der Waals surface area contributed by atoms with E-state index in [9.17, 15) is 0 Å². The molecule has 0 bridgehead atoms. The zero-order valence-electron chi connectivity index (χ0n) is 8.10. The smallest absolute Gasteiger partial charge is 0.0556 e. The van der Waals surface area contributed by atoms with Gasteiger partial charge in [-0.05, 0) is 18.1 Å². The highest BCUT2D eigenvalue weighted by molar-refractivity contribution is 8.00. The van der Waals surface area contributed by atoms with Crippen molar-refractivity contribution in [3.63, 3.8) is 0 Å². The van der Waals surface area contributed by atoms with Gasteiger partial charge in [0.1, 0.15) is 0 Å². The molecule has 0 fully saturated rings. The Balaban J connectivity index is 2.57. The zero-order chi connectivity index (χ0) is 9.68. The fraction of sp³-hybridized carbons (Fsp3) is 0.455. The molecule has 0 aliphatic heterocycles. The number of aliphatic hydroxyl groups excluding tert-OH is 1. The van der Waals surface area contributed by atoms with E-state index in [1.165, 1.54) is 4.90 Å². The molecule has 2 heteroatoms. The lowest BCUT2D eigenvalue weighted by Gasteiger charge is -2.17. The summed E-state index contributed by atoms with van der Waals surface area (Å²) in [5.74, 6) is 0.509. The van der Waals surface area contributed by atoms with Crippen LogP contribution in [0.15, 0.2) is 35.2 Å². The largest absolute Gasteiger partial charge is 0.395 e. The third kappa shape index (κ3) is 3.41. The third-order valence-electron chi connectivity index (χ3n) is 1.95. The predicted octanol–water partition coefficient (Wildman–Crippen LogP) is 2.80. The van der Waals surface area contributed by atoms with Crippen LogP contribution in [0.2, 0.25) is 0 Å². The Hall–Kier alpha value is -0.470. The van der Waals surface area contributed by atoms with Crippen LogP contribution in [0.25, 0.3) is 0 Å². The summed E-state index contributed by atoms with van der Waals surface area (Å²) < 4.78 is 0. The van der Waals surface area contributed by atoms with Gasteiger partial charge in [-0.3, -0.25) is 0 Å². The monoisotopic (exact) mass is 196 g/mol. The molecule has 1 aromatic rings. The first-order valence-corrected chi connectivity index (χ1v) is 5.44. The maximum atomic E-state index is 9.14. The summed E-state index contributed by atoms with van der Waals surface area (Å²) in [6, 6.07) is 10.2. The quantitative estimate of drug-likeness (QED) is 0.747. The Kier molecular flexibility index (Phi) is 4.33. The highest BCUT2D eigenvalue weighted by atomic mass is 32.2. The fourth-order valence-electron chi connectivity index (χ4n) is 1.06. The number of hydrogen-bond acceptors (Lipinski definition) is 2. The molecular formula is C11H16OS. The fourth-order valence-corrected chi connectivity index (χ4v) is 2.07. The SMILES string of the molecule is CC(C)C(CO)Sc1ccccc1. The van der Waals surface area contributed by atoms with Gasteiger partial charge in [0.05, 0.1) is 6.61 Å². The second-order valence-electron chi connectivity index (χ2n) is 3.40. The van der Waals surface area contributed by atoms with E-state index in [4.69, 9.17) is 5.11 Å².